The zero-order valence-electron chi connectivity index (χ0n) is 10.9. The van der Waals surface area contributed by atoms with E-state index in [0.717, 1.165) is 12.5 Å². The Morgan fingerprint density at radius 2 is 1.90 bits per heavy atom. The Labute approximate surface area is 115 Å². The van der Waals surface area contributed by atoms with Crippen LogP contribution >= 0.6 is 0 Å². The maximum Gasteiger partial charge on any atom is 0.337 e. The van der Waals surface area contributed by atoms with Crippen molar-refractivity contribution in [1.82, 2.24) is 10.6 Å². The fourth-order valence-corrected chi connectivity index (χ4v) is 1.27. The molecule has 7 nitrogen and oxygen atoms in total. The second-order valence-corrected chi connectivity index (χ2v) is 4.42. The van der Waals surface area contributed by atoms with Crippen LogP contribution in [0.15, 0.2) is 24.3 Å². The lowest BCUT2D eigenvalue weighted by atomic mass is 10.1. The molecule has 1 rings (SSSR count). The van der Waals surface area contributed by atoms with Crippen LogP contribution in [0.1, 0.15) is 18.1 Å². The lowest BCUT2D eigenvalue weighted by Crippen LogP contribution is -2.48. The molecular formula is C13H15N3O4. The molecule has 106 valence electrons. The minimum Gasteiger partial charge on any atom is -0.479 e. The predicted molar refractivity (Wildman–Crippen MR) is 69.7 cm³/mol. The highest BCUT2D eigenvalue weighted by Gasteiger charge is 2.30. The number of rotatable bonds is 5. The van der Waals surface area contributed by atoms with E-state index < -0.39 is 24.1 Å². The Hall–Kier alpha value is -2.59. The van der Waals surface area contributed by atoms with Crippen LogP contribution < -0.4 is 10.6 Å². The number of carboxylic acids is 1. The van der Waals surface area contributed by atoms with Crippen molar-refractivity contribution in [3.8, 4) is 6.07 Å². The van der Waals surface area contributed by atoms with E-state index in [-0.39, 0.29) is 6.54 Å². The zero-order chi connectivity index (χ0) is 15.2. The number of carboxylic acid groups (broad SMARTS) is 1. The summed E-state index contributed by atoms with van der Waals surface area (Å²) in [5.41, 5.74) is -0.689. The van der Waals surface area contributed by atoms with Gasteiger partial charge in [0.25, 0.3) is 0 Å². The standard InChI is InChI=1S/C13H15N3O4/c1-13(20,11(17)18)8-16-12(19)15-7-10-4-2-9(6-14)3-5-10/h2-5,20H,7-8H2,1H3,(H,17,18)(H2,15,16,19). The number of nitrogens with zero attached hydrogens (tertiary/aromatic N) is 1. The van der Waals surface area contributed by atoms with E-state index in [4.69, 9.17) is 10.4 Å². The van der Waals surface area contributed by atoms with Crippen LogP contribution in [0.4, 0.5) is 4.79 Å². The zero-order valence-corrected chi connectivity index (χ0v) is 10.9. The summed E-state index contributed by atoms with van der Waals surface area (Å²) in [6.45, 7) is 0.921. The number of benzene rings is 1. The maximum absolute atomic E-state index is 11.4. The minimum absolute atomic E-state index is 0.229. The van der Waals surface area contributed by atoms with Crippen LogP contribution in [-0.4, -0.2) is 34.4 Å². The normalized spacial score (nSPS) is 12.8. The molecule has 0 fully saturated rings. The van der Waals surface area contributed by atoms with Crippen LogP contribution in [0.3, 0.4) is 0 Å². The maximum atomic E-state index is 11.4. The first-order valence-corrected chi connectivity index (χ1v) is 5.81. The van der Waals surface area contributed by atoms with Gasteiger partial charge >= 0.3 is 12.0 Å². The van der Waals surface area contributed by atoms with Gasteiger partial charge in [-0.1, -0.05) is 12.1 Å². The van der Waals surface area contributed by atoms with Gasteiger partial charge in [0.05, 0.1) is 18.2 Å². The molecule has 20 heavy (non-hydrogen) atoms. The lowest BCUT2D eigenvalue weighted by Gasteiger charge is -2.18. The summed E-state index contributed by atoms with van der Waals surface area (Å²) in [6.07, 6.45) is 0. The first-order chi connectivity index (χ1) is 9.35. The molecule has 1 atom stereocenters. The van der Waals surface area contributed by atoms with Gasteiger partial charge in [-0.2, -0.15) is 5.26 Å². The third-order valence-electron chi connectivity index (χ3n) is 2.59. The number of carbonyl (C=O) groups is 2. The Balaban J connectivity index is 2.40. The number of aliphatic carboxylic acids is 1. The third kappa shape index (κ3) is 4.59. The van der Waals surface area contributed by atoms with Crippen LogP contribution in [-0.2, 0) is 11.3 Å². The number of hydrogen-bond donors (Lipinski definition) is 4. The van der Waals surface area contributed by atoms with E-state index in [1.807, 2.05) is 6.07 Å². The Bertz CT molecular complexity index is 532. The van der Waals surface area contributed by atoms with E-state index in [1.165, 1.54) is 0 Å². The van der Waals surface area contributed by atoms with Gasteiger partial charge in [0.15, 0.2) is 5.60 Å². The number of urea groups is 1. The molecule has 1 aromatic carbocycles. The van der Waals surface area contributed by atoms with Crippen molar-refractivity contribution in [3.63, 3.8) is 0 Å². The summed E-state index contributed by atoms with van der Waals surface area (Å²) in [5, 5.41) is 31.5. The number of nitriles is 1. The summed E-state index contributed by atoms with van der Waals surface area (Å²) < 4.78 is 0. The molecule has 0 saturated carbocycles. The Morgan fingerprint density at radius 3 is 2.40 bits per heavy atom. The van der Waals surface area contributed by atoms with Crippen LogP contribution in [0.25, 0.3) is 0 Å². The summed E-state index contributed by atoms with van der Waals surface area (Å²) in [5.74, 6) is -1.41. The first-order valence-electron chi connectivity index (χ1n) is 5.81. The molecule has 1 unspecified atom stereocenters. The van der Waals surface area contributed by atoms with E-state index in [0.29, 0.717) is 5.56 Å². The SMILES string of the molecule is CC(O)(CNC(=O)NCc1ccc(C#N)cc1)C(=O)O. The number of aliphatic hydroxyl groups is 1. The van der Waals surface area contributed by atoms with Crippen molar-refractivity contribution in [2.24, 2.45) is 0 Å². The van der Waals surface area contributed by atoms with Gasteiger partial charge in [-0.25, -0.2) is 9.59 Å². The van der Waals surface area contributed by atoms with Gasteiger partial charge in [0.2, 0.25) is 0 Å². The van der Waals surface area contributed by atoms with Crippen LogP contribution in [0.2, 0.25) is 0 Å². The molecule has 4 N–H and O–H groups in total. The molecule has 1 aromatic rings. The van der Waals surface area contributed by atoms with Gasteiger partial charge in [0.1, 0.15) is 0 Å². The highest BCUT2D eigenvalue weighted by molar-refractivity contribution is 5.79. The van der Waals surface area contributed by atoms with Crippen molar-refractivity contribution in [2.75, 3.05) is 6.54 Å². The highest BCUT2D eigenvalue weighted by Crippen LogP contribution is 2.03. The number of carbonyl (C=O) groups excluding carboxylic acids is 1. The minimum atomic E-state index is -2.01. The highest BCUT2D eigenvalue weighted by atomic mass is 16.4. The van der Waals surface area contributed by atoms with Crippen molar-refractivity contribution < 1.29 is 19.8 Å². The monoisotopic (exact) mass is 277 g/mol. The van der Waals surface area contributed by atoms with Crippen molar-refractivity contribution in [3.05, 3.63) is 35.4 Å². The average Bonchev–Trinajstić information content (AvgIpc) is 2.43. The number of amides is 2. The molecule has 0 spiro atoms. The summed E-state index contributed by atoms with van der Waals surface area (Å²) in [6, 6.07) is 8.06. The molecule has 2 amide bonds. The van der Waals surface area contributed by atoms with E-state index in [1.54, 1.807) is 24.3 Å². The third-order valence-corrected chi connectivity index (χ3v) is 2.59. The van der Waals surface area contributed by atoms with Gasteiger partial charge in [-0.15, -0.1) is 0 Å². The molecule has 0 bridgehead atoms. The quantitative estimate of drug-likeness (QED) is 0.612. The topological polar surface area (TPSA) is 122 Å². The summed E-state index contributed by atoms with van der Waals surface area (Å²) in [4.78, 5) is 22.1. The first kappa shape index (κ1) is 15.5. The molecule has 0 aliphatic carbocycles. The van der Waals surface area contributed by atoms with Gasteiger partial charge in [-0.05, 0) is 24.6 Å². The van der Waals surface area contributed by atoms with E-state index >= 15 is 0 Å². The second-order valence-electron chi connectivity index (χ2n) is 4.42. The molecule has 0 aliphatic heterocycles. The average molecular weight is 277 g/mol. The fourth-order valence-electron chi connectivity index (χ4n) is 1.27. The van der Waals surface area contributed by atoms with E-state index in [9.17, 15) is 14.7 Å². The fraction of sp³-hybridized carbons (Fsp3) is 0.308. The van der Waals surface area contributed by atoms with E-state index in [2.05, 4.69) is 10.6 Å². The molecule has 0 aliphatic rings. The summed E-state index contributed by atoms with van der Waals surface area (Å²) in [7, 11) is 0. The van der Waals surface area contributed by atoms with Crippen LogP contribution in [0.5, 0.6) is 0 Å². The molecule has 7 heteroatoms. The molecule has 0 heterocycles. The predicted octanol–water partition coefficient (Wildman–Crippen LogP) is 0.193. The van der Waals surface area contributed by atoms with Gasteiger partial charge < -0.3 is 20.8 Å². The molecular weight excluding hydrogens is 262 g/mol. The van der Waals surface area contributed by atoms with Crippen molar-refractivity contribution in [1.29, 1.82) is 5.26 Å². The molecule has 0 saturated heterocycles. The Morgan fingerprint density at radius 1 is 1.30 bits per heavy atom. The molecule has 0 aromatic heterocycles. The Kier molecular flexibility index (Phi) is 5.06. The van der Waals surface area contributed by atoms with Gasteiger partial charge in [-0.3, -0.25) is 0 Å². The second kappa shape index (κ2) is 6.54. The van der Waals surface area contributed by atoms with Crippen molar-refractivity contribution >= 4 is 12.0 Å². The number of hydrogen-bond acceptors (Lipinski definition) is 4. The largest absolute Gasteiger partial charge is 0.479 e. The summed E-state index contributed by atoms with van der Waals surface area (Å²) >= 11 is 0. The molecule has 0 radical (unpaired) electrons. The van der Waals surface area contributed by atoms with Crippen molar-refractivity contribution in [2.45, 2.75) is 19.1 Å². The van der Waals surface area contributed by atoms with Crippen LogP contribution in [0, 0.1) is 11.3 Å². The lowest BCUT2D eigenvalue weighted by molar-refractivity contribution is -0.155. The van der Waals surface area contributed by atoms with Gasteiger partial charge in [0, 0.05) is 6.54 Å². The number of nitrogens with one attached hydrogen (secondary N) is 2. The smallest absolute Gasteiger partial charge is 0.337 e.